The van der Waals surface area contributed by atoms with Gasteiger partial charge < -0.3 is 10.1 Å². The molecular weight excluding hydrogens is 256 g/mol. The number of carbonyl (C=O) groups excluding carboxylic acids is 1. The second kappa shape index (κ2) is 5.00. The van der Waals surface area contributed by atoms with Crippen molar-refractivity contribution >= 4 is 22.8 Å². The van der Waals surface area contributed by atoms with Gasteiger partial charge in [-0.1, -0.05) is 17.3 Å². The van der Waals surface area contributed by atoms with E-state index in [2.05, 4.69) is 15.6 Å². The zero-order valence-electron chi connectivity index (χ0n) is 10.8. The predicted octanol–water partition coefficient (Wildman–Crippen LogP) is 2.52. The number of nitrogens with one attached hydrogen (secondary N) is 1. The molecule has 0 fully saturated rings. The van der Waals surface area contributed by atoms with Crippen molar-refractivity contribution in [3.8, 4) is 5.75 Å². The summed E-state index contributed by atoms with van der Waals surface area (Å²) in [6.45, 7) is 0. The van der Waals surface area contributed by atoms with Crippen LogP contribution in [0.2, 0.25) is 0 Å². The predicted molar refractivity (Wildman–Crippen MR) is 74.9 cm³/mol. The zero-order valence-corrected chi connectivity index (χ0v) is 10.8. The quantitative estimate of drug-likeness (QED) is 0.775. The van der Waals surface area contributed by atoms with Crippen LogP contribution in [0, 0.1) is 0 Å². The largest absolute Gasteiger partial charge is 0.497 e. The molecular formula is C14H12N4O2. The summed E-state index contributed by atoms with van der Waals surface area (Å²) in [4.78, 5) is 12.2. The molecule has 0 aliphatic carbocycles. The second-order valence-electron chi connectivity index (χ2n) is 4.15. The first-order valence-corrected chi connectivity index (χ1v) is 6.04. The van der Waals surface area contributed by atoms with Crippen molar-refractivity contribution in [2.24, 2.45) is 0 Å². The number of aromatic nitrogens is 3. The molecule has 0 bridgehead atoms. The number of rotatable bonds is 2. The summed E-state index contributed by atoms with van der Waals surface area (Å²) in [6.07, 6.45) is 0. The number of anilines is 1. The van der Waals surface area contributed by atoms with Crippen LogP contribution in [-0.2, 0) is 0 Å². The Kier molecular flexibility index (Phi) is 3.04. The normalized spacial score (nSPS) is 10.4. The van der Waals surface area contributed by atoms with Gasteiger partial charge >= 0.3 is 6.03 Å². The number of ether oxygens (including phenoxy) is 1. The maximum absolute atomic E-state index is 12.2. The molecule has 100 valence electrons. The third-order valence-electron chi connectivity index (χ3n) is 2.89. The first-order valence-electron chi connectivity index (χ1n) is 6.04. The molecule has 0 aliphatic rings. The fraction of sp³-hybridized carbons (Fsp3) is 0.0714. The van der Waals surface area contributed by atoms with Gasteiger partial charge in [-0.2, -0.15) is 4.68 Å². The number of para-hydroxylation sites is 1. The first-order chi connectivity index (χ1) is 9.78. The highest BCUT2D eigenvalue weighted by atomic mass is 16.5. The van der Waals surface area contributed by atoms with Crippen molar-refractivity contribution in [3.63, 3.8) is 0 Å². The average molecular weight is 268 g/mol. The standard InChI is InChI=1S/C14H12N4O2/c1-20-11-8-6-10(7-9-11)15-14(19)18-13-5-3-2-4-12(13)16-17-18/h2-9H,1H3,(H,15,19). The van der Waals surface area contributed by atoms with Gasteiger partial charge in [0.15, 0.2) is 0 Å². The van der Waals surface area contributed by atoms with Crippen molar-refractivity contribution < 1.29 is 9.53 Å². The Labute approximate surface area is 115 Å². The number of amides is 1. The maximum atomic E-state index is 12.2. The summed E-state index contributed by atoms with van der Waals surface area (Å²) < 4.78 is 6.30. The Balaban J connectivity index is 1.85. The highest BCUT2D eigenvalue weighted by molar-refractivity contribution is 5.96. The Morgan fingerprint density at radius 1 is 1.15 bits per heavy atom. The van der Waals surface area contributed by atoms with Crippen LogP contribution in [0.25, 0.3) is 11.0 Å². The van der Waals surface area contributed by atoms with E-state index in [4.69, 9.17) is 4.74 Å². The van der Waals surface area contributed by atoms with Crippen molar-refractivity contribution in [1.29, 1.82) is 0 Å². The first kappa shape index (κ1) is 12.2. The molecule has 6 heteroatoms. The maximum Gasteiger partial charge on any atom is 0.348 e. The molecule has 1 aromatic heterocycles. The van der Waals surface area contributed by atoms with Crippen molar-refractivity contribution in [2.45, 2.75) is 0 Å². The fourth-order valence-corrected chi connectivity index (χ4v) is 1.87. The molecule has 2 aromatic carbocycles. The van der Waals surface area contributed by atoms with Crippen LogP contribution in [0.15, 0.2) is 48.5 Å². The van der Waals surface area contributed by atoms with E-state index in [0.717, 1.165) is 5.75 Å². The molecule has 0 spiro atoms. The SMILES string of the molecule is COc1ccc(NC(=O)n2nnc3ccccc32)cc1. The van der Waals surface area contributed by atoms with Crippen molar-refractivity contribution in [1.82, 2.24) is 15.0 Å². The minimum atomic E-state index is -0.358. The molecule has 1 amide bonds. The number of benzene rings is 2. The van der Waals surface area contributed by atoms with E-state index in [1.165, 1.54) is 4.68 Å². The van der Waals surface area contributed by atoms with Crippen molar-refractivity contribution in [3.05, 3.63) is 48.5 Å². The summed E-state index contributed by atoms with van der Waals surface area (Å²) in [6, 6.07) is 14.0. The average Bonchev–Trinajstić information content (AvgIpc) is 2.92. The topological polar surface area (TPSA) is 69.0 Å². The van der Waals surface area contributed by atoms with Gasteiger partial charge in [-0.05, 0) is 36.4 Å². The lowest BCUT2D eigenvalue weighted by Gasteiger charge is -2.06. The summed E-state index contributed by atoms with van der Waals surface area (Å²) in [5.41, 5.74) is 2.01. The number of fused-ring (bicyclic) bond motifs is 1. The molecule has 6 nitrogen and oxygen atoms in total. The fourth-order valence-electron chi connectivity index (χ4n) is 1.87. The number of carbonyl (C=O) groups is 1. The minimum Gasteiger partial charge on any atom is -0.497 e. The van der Waals surface area contributed by atoms with Crippen LogP contribution in [0.5, 0.6) is 5.75 Å². The van der Waals surface area contributed by atoms with E-state index in [0.29, 0.717) is 16.7 Å². The zero-order chi connectivity index (χ0) is 13.9. The van der Waals surface area contributed by atoms with Crippen molar-refractivity contribution in [2.75, 3.05) is 12.4 Å². The summed E-state index contributed by atoms with van der Waals surface area (Å²) in [7, 11) is 1.59. The minimum absolute atomic E-state index is 0.358. The number of nitrogens with zero attached hydrogens (tertiary/aromatic N) is 3. The Hall–Kier alpha value is -2.89. The Morgan fingerprint density at radius 3 is 2.65 bits per heavy atom. The van der Waals surface area contributed by atoms with Crippen LogP contribution in [-0.4, -0.2) is 28.1 Å². The van der Waals surface area contributed by atoms with Gasteiger partial charge in [-0.3, -0.25) is 0 Å². The van der Waals surface area contributed by atoms with Gasteiger partial charge in [0, 0.05) is 5.69 Å². The molecule has 0 saturated carbocycles. The summed E-state index contributed by atoms with van der Waals surface area (Å²) in [5, 5.41) is 10.5. The van der Waals surface area contributed by atoms with Crippen LogP contribution < -0.4 is 10.1 Å². The molecule has 20 heavy (non-hydrogen) atoms. The molecule has 1 N–H and O–H groups in total. The molecule has 0 saturated heterocycles. The molecule has 0 atom stereocenters. The van der Waals surface area contributed by atoms with E-state index in [1.807, 2.05) is 12.1 Å². The van der Waals surface area contributed by atoms with E-state index in [1.54, 1.807) is 43.5 Å². The van der Waals surface area contributed by atoms with Crippen LogP contribution in [0.4, 0.5) is 10.5 Å². The second-order valence-corrected chi connectivity index (χ2v) is 4.15. The van der Waals surface area contributed by atoms with Crippen LogP contribution >= 0.6 is 0 Å². The van der Waals surface area contributed by atoms with E-state index in [9.17, 15) is 4.79 Å². The van der Waals surface area contributed by atoms with E-state index in [-0.39, 0.29) is 6.03 Å². The summed E-state index contributed by atoms with van der Waals surface area (Å²) in [5.74, 6) is 0.731. The third kappa shape index (κ3) is 2.18. The summed E-state index contributed by atoms with van der Waals surface area (Å²) >= 11 is 0. The van der Waals surface area contributed by atoms with E-state index < -0.39 is 0 Å². The smallest absolute Gasteiger partial charge is 0.348 e. The lowest BCUT2D eigenvalue weighted by atomic mass is 10.3. The molecule has 0 unspecified atom stereocenters. The molecule has 3 aromatic rings. The molecule has 3 rings (SSSR count). The number of hydrogen-bond donors (Lipinski definition) is 1. The monoisotopic (exact) mass is 268 g/mol. The Morgan fingerprint density at radius 2 is 1.90 bits per heavy atom. The highest BCUT2D eigenvalue weighted by Crippen LogP contribution is 2.16. The van der Waals surface area contributed by atoms with Crippen LogP contribution in [0.1, 0.15) is 0 Å². The van der Waals surface area contributed by atoms with E-state index >= 15 is 0 Å². The van der Waals surface area contributed by atoms with Crippen LogP contribution in [0.3, 0.4) is 0 Å². The Bertz CT molecular complexity index is 749. The van der Waals surface area contributed by atoms with Gasteiger partial charge in [0.25, 0.3) is 0 Å². The van der Waals surface area contributed by atoms with Gasteiger partial charge in [-0.25, -0.2) is 4.79 Å². The van der Waals surface area contributed by atoms with Gasteiger partial charge in [0.05, 0.1) is 12.6 Å². The van der Waals surface area contributed by atoms with Gasteiger partial charge in [0.1, 0.15) is 11.3 Å². The number of methoxy groups -OCH3 is 1. The molecule has 0 aliphatic heterocycles. The molecule has 1 heterocycles. The highest BCUT2D eigenvalue weighted by Gasteiger charge is 2.11. The van der Waals surface area contributed by atoms with Gasteiger partial charge in [0.2, 0.25) is 0 Å². The molecule has 0 radical (unpaired) electrons. The third-order valence-corrected chi connectivity index (χ3v) is 2.89. The number of hydrogen-bond acceptors (Lipinski definition) is 4. The lowest BCUT2D eigenvalue weighted by molar-refractivity contribution is 0.251. The lowest BCUT2D eigenvalue weighted by Crippen LogP contribution is -2.20. The van der Waals surface area contributed by atoms with Gasteiger partial charge in [-0.15, -0.1) is 5.10 Å².